The van der Waals surface area contributed by atoms with Gasteiger partial charge >= 0.3 is 11.4 Å². The summed E-state index contributed by atoms with van der Waals surface area (Å²) in [6.07, 6.45) is 0. The highest BCUT2D eigenvalue weighted by molar-refractivity contribution is 9.11. The van der Waals surface area contributed by atoms with Crippen LogP contribution in [0.4, 0.5) is 22.7 Å². The number of rotatable bonds is 2. The van der Waals surface area contributed by atoms with E-state index in [1.54, 1.807) is 0 Å². The molecule has 10 heteroatoms. The van der Waals surface area contributed by atoms with Crippen LogP contribution in [0.5, 0.6) is 0 Å². The van der Waals surface area contributed by atoms with Gasteiger partial charge in [0, 0.05) is 0 Å². The average molecular weight is 356 g/mol. The van der Waals surface area contributed by atoms with Crippen molar-refractivity contribution >= 4 is 54.6 Å². The largest absolute Gasteiger partial charge is 0.396 e. The van der Waals surface area contributed by atoms with Crippen molar-refractivity contribution < 1.29 is 9.85 Å². The molecule has 0 aliphatic rings. The van der Waals surface area contributed by atoms with E-state index in [1.807, 2.05) is 0 Å². The highest BCUT2D eigenvalue weighted by atomic mass is 79.9. The van der Waals surface area contributed by atoms with Crippen LogP contribution in [0.15, 0.2) is 8.95 Å². The highest BCUT2D eigenvalue weighted by Crippen LogP contribution is 2.47. The smallest absolute Gasteiger partial charge is 0.363 e. The number of nitrogens with two attached hydrogens (primary N) is 2. The fourth-order valence-electron chi connectivity index (χ4n) is 1.03. The molecule has 0 spiro atoms. The molecular weight excluding hydrogens is 352 g/mol. The zero-order valence-electron chi connectivity index (χ0n) is 7.44. The van der Waals surface area contributed by atoms with Crippen molar-refractivity contribution in [1.29, 1.82) is 0 Å². The second kappa shape index (κ2) is 4.22. The zero-order valence-corrected chi connectivity index (χ0v) is 10.6. The van der Waals surface area contributed by atoms with Gasteiger partial charge in [0.25, 0.3) is 0 Å². The van der Waals surface area contributed by atoms with Gasteiger partial charge in [-0.2, -0.15) is 0 Å². The molecule has 0 atom stereocenters. The molecule has 0 aliphatic heterocycles. The van der Waals surface area contributed by atoms with Crippen LogP contribution in [0, 0.1) is 20.2 Å². The Bertz CT molecular complexity index is 459. The number of benzene rings is 1. The minimum atomic E-state index is -0.900. The summed E-state index contributed by atoms with van der Waals surface area (Å²) in [6, 6.07) is 0. The molecule has 1 aromatic rings. The lowest BCUT2D eigenvalue weighted by molar-refractivity contribution is -0.423. The summed E-state index contributed by atoms with van der Waals surface area (Å²) in [5.74, 6) is 0. The second-order valence-electron chi connectivity index (χ2n) is 2.67. The molecule has 0 fully saturated rings. The monoisotopic (exact) mass is 354 g/mol. The van der Waals surface area contributed by atoms with Crippen molar-refractivity contribution in [2.45, 2.75) is 0 Å². The molecule has 16 heavy (non-hydrogen) atoms. The average Bonchev–Trinajstić information content (AvgIpc) is 2.18. The Morgan fingerprint density at radius 1 is 0.875 bits per heavy atom. The number of nitro groups is 2. The molecule has 1 rings (SSSR count). The first-order valence-corrected chi connectivity index (χ1v) is 5.22. The van der Waals surface area contributed by atoms with Crippen molar-refractivity contribution in [1.82, 2.24) is 0 Å². The lowest BCUT2D eigenvalue weighted by Crippen LogP contribution is -2.05. The van der Waals surface area contributed by atoms with Crippen molar-refractivity contribution in [3.05, 3.63) is 29.2 Å². The van der Waals surface area contributed by atoms with Crippen molar-refractivity contribution in [3.63, 3.8) is 0 Å². The normalized spacial score (nSPS) is 10.1. The van der Waals surface area contributed by atoms with Crippen LogP contribution in [0.1, 0.15) is 0 Å². The van der Waals surface area contributed by atoms with E-state index in [9.17, 15) is 20.2 Å². The third-order valence-corrected chi connectivity index (χ3v) is 3.37. The van der Waals surface area contributed by atoms with Crippen LogP contribution in [-0.4, -0.2) is 9.85 Å². The van der Waals surface area contributed by atoms with E-state index in [1.165, 1.54) is 0 Å². The highest BCUT2D eigenvalue weighted by Gasteiger charge is 2.35. The van der Waals surface area contributed by atoms with Gasteiger partial charge < -0.3 is 11.5 Å². The second-order valence-corrected chi connectivity index (χ2v) is 4.25. The van der Waals surface area contributed by atoms with Crippen LogP contribution in [0.2, 0.25) is 0 Å². The number of nitrogen functional groups attached to an aromatic ring is 2. The van der Waals surface area contributed by atoms with Gasteiger partial charge in [0.05, 0.1) is 21.2 Å². The fraction of sp³-hybridized carbons (Fsp3) is 0. The summed E-state index contributed by atoms with van der Waals surface area (Å²) in [6.45, 7) is 0. The molecule has 0 saturated carbocycles. The standard InChI is InChI=1S/C6H4Br2N4O4/c7-1-3(9)4(10)2(8)6(12(15)16)5(1)11(13)14/h9-10H2. The Balaban J connectivity index is 3.83. The molecule has 0 bridgehead atoms. The van der Waals surface area contributed by atoms with Crippen molar-refractivity contribution in [2.24, 2.45) is 0 Å². The van der Waals surface area contributed by atoms with Gasteiger partial charge in [0.1, 0.15) is 8.95 Å². The van der Waals surface area contributed by atoms with E-state index in [4.69, 9.17) is 11.5 Å². The maximum atomic E-state index is 10.7. The molecule has 8 nitrogen and oxygen atoms in total. The van der Waals surface area contributed by atoms with Gasteiger partial charge in [-0.25, -0.2) is 0 Å². The van der Waals surface area contributed by atoms with Gasteiger partial charge in [0.2, 0.25) is 0 Å². The van der Waals surface area contributed by atoms with Gasteiger partial charge in [-0.15, -0.1) is 0 Å². The van der Waals surface area contributed by atoms with E-state index in [-0.39, 0.29) is 20.3 Å². The molecule has 1 aromatic carbocycles. The third-order valence-electron chi connectivity index (χ3n) is 1.77. The summed E-state index contributed by atoms with van der Waals surface area (Å²) in [5.41, 5.74) is 9.21. The number of hydrogen-bond acceptors (Lipinski definition) is 6. The summed E-state index contributed by atoms with van der Waals surface area (Å²) >= 11 is 5.63. The van der Waals surface area contributed by atoms with E-state index < -0.39 is 21.2 Å². The van der Waals surface area contributed by atoms with Gasteiger partial charge in [-0.05, 0) is 31.9 Å². The van der Waals surface area contributed by atoms with Crippen molar-refractivity contribution in [2.75, 3.05) is 11.5 Å². The number of nitro benzene ring substituents is 2. The summed E-state index contributed by atoms with van der Waals surface area (Å²) in [7, 11) is 0. The third kappa shape index (κ3) is 1.80. The minimum absolute atomic E-state index is 0.121. The van der Waals surface area contributed by atoms with Gasteiger partial charge in [0.15, 0.2) is 0 Å². The van der Waals surface area contributed by atoms with Crippen LogP contribution in [-0.2, 0) is 0 Å². The van der Waals surface area contributed by atoms with Crippen LogP contribution >= 0.6 is 31.9 Å². The van der Waals surface area contributed by atoms with Gasteiger partial charge in [-0.3, -0.25) is 20.2 Å². The Kier molecular flexibility index (Phi) is 3.33. The Labute approximate surface area is 105 Å². The first-order chi connectivity index (χ1) is 7.29. The quantitative estimate of drug-likeness (QED) is 0.473. The molecule has 0 radical (unpaired) electrons. The molecule has 0 amide bonds. The molecular formula is C6H4Br2N4O4. The Morgan fingerprint density at radius 3 is 1.31 bits per heavy atom. The predicted octanol–water partition coefficient (Wildman–Crippen LogP) is 2.19. The van der Waals surface area contributed by atoms with E-state index in [0.29, 0.717) is 0 Å². The molecule has 0 heterocycles. The van der Waals surface area contributed by atoms with E-state index in [0.717, 1.165) is 0 Å². The number of anilines is 2. The minimum Gasteiger partial charge on any atom is -0.396 e. The topological polar surface area (TPSA) is 138 Å². The first kappa shape index (κ1) is 12.6. The van der Waals surface area contributed by atoms with Crippen molar-refractivity contribution in [3.8, 4) is 0 Å². The van der Waals surface area contributed by atoms with Crippen LogP contribution in [0.25, 0.3) is 0 Å². The summed E-state index contributed by atoms with van der Waals surface area (Å²) in [5, 5.41) is 21.4. The maximum Gasteiger partial charge on any atom is 0.363 e. The molecule has 0 saturated heterocycles. The zero-order chi connectivity index (χ0) is 12.6. The number of halogens is 2. The molecule has 4 N–H and O–H groups in total. The number of nitrogens with zero attached hydrogens (tertiary/aromatic N) is 2. The van der Waals surface area contributed by atoms with Gasteiger partial charge in [-0.1, -0.05) is 0 Å². The van der Waals surface area contributed by atoms with E-state index >= 15 is 0 Å². The Hall–Kier alpha value is -1.42. The lowest BCUT2D eigenvalue weighted by atomic mass is 10.2. The maximum absolute atomic E-state index is 10.7. The SMILES string of the molecule is Nc1c(N)c(Br)c([N+](=O)[O-])c([N+](=O)[O-])c1Br. The predicted molar refractivity (Wildman–Crippen MR) is 64.0 cm³/mol. The molecule has 0 unspecified atom stereocenters. The summed E-state index contributed by atoms with van der Waals surface area (Å²) < 4.78 is -0.408. The molecule has 0 aromatic heterocycles. The molecule has 0 aliphatic carbocycles. The fourth-order valence-corrected chi connectivity index (χ4v) is 2.13. The first-order valence-electron chi connectivity index (χ1n) is 3.63. The Morgan fingerprint density at radius 2 is 1.12 bits per heavy atom. The summed E-state index contributed by atoms with van der Waals surface area (Å²) in [4.78, 5) is 19.6. The molecule has 86 valence electrons. The van der Waals surface area contributed by atoms with Crippen LogP contribution in [0.3, 0.4) is 0 Å². The lowest BCUT2D eigenvalue weighted by Gasteiger charge is -2.06. The number of hydrogen-bond donors (Lipinski definition) is 2. The van der Waals surface area contributed by atoms with Crippen LogP contribution < -0.4 is 11.5 Å². The van der Waals surface area contributed by atoms with E-state index in [2.05, 4.69) is 31.9 Å².